The summed E-state index contributed by atoms with van der Waals surface area (Å²) in [6.45, 7) is 6.82. The van der Waals surface area contributed by atoms with Crippen molar-refractivity contribution in [1.82, 2.24) is 10.4 Å². The summed E-state index contributed by atoms with van der Waals surface area (Å²) in [6.07, 6.45) is 5.61. The second-order valence-electron chi connectivity index (χ2n) is 5.33. The fourth-order valence-electron chi connectivity index (χ4n) is 2.56. The Hall–Kier alpha value is -1.92. The number of carbonyl (C=O) groups is 1. The first-order chi connectivity index (χ1) is 11.2. The van der Waals surface area contributed by atoms with Crippen LogP contribution in [0.2, 0.25) is 0 Å². The number of anilines is 1. The number of piperazine rings is 1. The number of nitrogens with one attached hydrogen (secondary N) is 1. The maximum absolute atomic E-state index is 12.0. The van der Waals surface area contributed by atoms with Gasteiger partial charge in [0.05, 0.1) is 11.4 Å². The van der Waals surface area contributed by atoms with E-state index in [1.165, 1.54) is 0 Å². The third-order valence-electron chi connectivity index (χ3n) is 3.79. The summed E-state index contributed by atoms with van der Waals surface area (Å²) in [7, 11) is 0. The molecule has 1 heterocycles. The van der Waals surface area contributed by atoms with Crippen LogP contribution in [0.25, 0.3) is 6.08 Å². The van der Waals surface area contributed by atoms with Crippen LogP contribution in [-0.4, -0.2) is 54.2 Å². The molecule has 1 saturated heterocycles. The highest BCUT2D eigenvalue weighted by Crippen LogP contribution is 2.23. The van der Waals surface area contributed by atoms with E-state index in [1.54, 1.807) is 17.8 Å². The van der Waals surface area contributed by atoms with Gasteiger partial charge < -0.3 is 9.80 Å². The average molecular weight is 333 g/mol. The smallest absolute Gasteiger partial charge is 0.232 e. The topological polar surface area (TPSA) is 55.8 Å². The standard InChI is InChI=1S/C17H23N3O2S/c1-14(18-22)7-8-15-5-3-4-6-16(15)19-9-11-20(12-10-19)17(21)13-23-2/h3-8,18,22H,1,9-13H2,2H3/b8-7+. The summed E-state index contributed by atoms with van der Waals surface area (Å²) in [5, 5.41) is 8.81. The molecule has 0 spiro atoms. The molecule has 5 nitrogen and oxygen atoms in total. The SMILES string of the molecule is C=C(/C=C/c1ccccc1N1CCN(C(=O)CSC)CC1)NO. The van der Waals surface area contributed by atoms with E-state index in [2.05, 4.69) is 17.5 Å². The van der Waals surface area contributed by atoms with Crippen molar-refractivity contribution < 1.29 is 10.0 Å². The molecule has 1 fully saturated rings. The van der Waals surface area contributed by atoms with E-state index in [4.69, 9.17) is 5.21 Å². The van der Waals surface area contributed by atoms with Crippen LogP contribution in [-0.2, 0) is 4.79 Å². The van der Waals surface area contributed by atoms with E-state index >= 15 is 0 Å². The molecule has 1 aliphatic rings. The lowest BCUT2D eigenvalue weighted by Crippen LogP contribution is -2.49. The highest BCUT2D eigenvalue weighted by molar-refractivity contribution is 7.99. The predicted molar refractivity (Wildman–Crippen MR) is 96.7 cm³/mol. The largest absolute Gasteiger partial charge is 0.367 e. The average Bonchev–Trinajstić information content (AvgIpc) is 2.60. The van der Waals surface area contributed by atoms with Crippen molar-refractivity contribution in [3.8, 4) is 0 Å². The van der Waals surface area contributed by atoms with E-state index in [-0.39, 0.29) is 5.91 Å². The van der Waals surface area contributed by atoms with Gasteiger partial charge in [-0.05, 0) is 24.0 Å². The number of rotatable bonds is 6. The molecule has 2 rings (SSSR count). The van der Waals surface area contributed by atoms with Crippen molar-refractivity contribution in [1.29, 1.82) is 0 Å². The van der Waals surface area contributed by atoms with Crippen LogP contribution in [0, 0.1) is 0 Å². The Kier molecular flexibility index (Phi) is 6.55. The molecule has 0 bridgehead atoms. The fraction of sp³-hybridized carbons (Fsp3) is 0.353. The lowest BCUT2D eigenvalue weighted by atomic mass is 10.1. The van der Waals surface area contributed by atoms with Gasteiger partial charge in [0, 0.05) is 31.9 Å². The quantitative estimate of drug-likeness (QED) is 0.617. The molecule has 1 aromatic carbocycles. The minimum Gasteiger partial charge on any atom is -0.367 e. The molecule has 0 unspecified atom stereocenters. The molecule has 124 valence electrons. The molecule has 0 aromatic heterocycles. The molecule has 6 heteroatoms. The highest BCUT2D eigenvalue weighted by atomic mass is 32.2. The molecule has 0 radical (unpaired) electrons. The normalized spacial score (nSPS) is 15.0. The lowest BCUT2D eigenvalue weighted by Gasteiger charge is -2.36. The number of hydrogen-bond acceptors (Lipinski definition) is 5. The highest BCUT2D eigenvalue weighted by Gasteiger charge is 2.21. The van der Waals surface area contributed by atoms with Crippen molar-refractivity contribution in [3.05, 3.63) is 48.2 Å². The van der Waals surface area contributed by atoms with Gasteiger partial charge in [-0.2, -0.15) is 11.8 Å². The van der Waals surface area contributed by atoms with E-state index in [1.807, 2.05) is 40.9 Å². The predicted octanol–water partition coefficient (Wildman–Crippen LogP) is 2.20. The Bertz CT molecular complexity index is 581. The summed E-state index contributed by atoms with van der Waals surface area (Å²) in [5.74, 6) is 0.769. The zero-order valence-electron chi connectivity index (χ0n) is 13.4. The van der Waals surface area contributed by atoms with Crippen LogP contribution in [0.3, 0.4) is 0 Å². The lowest BCUT2D eigenvalue weighted by molar-refractivity contribution is -0.128. The number of benzene rings is 1. The molecule has 0 aliphatic carbocycles. The van der Waals surface area contributed by atoms with E-state index in [0.29, 0.717) is 11.4 Å². The number of carbonyl (C=O) groups excluding carboxylic acids is 1. The van der Waals surface area contributed by atoms with Crippen molar-refractivity contribution >= 4 is 29.4 Å². The summed E-state index contributed by atoms with van der Waals surface area (Å²) in [6, 6.07) is 8.10. The first kappa shape index (κ1) is 17.4. The molecule has 1 aromatic rings. The van der Waals surface area contributed by atoms with Gasteiger partial charge in [0.2, 0.25) is 5.91 Å². The van der Waals surface area contributed by atoms with Gasteiger partial charge in [-0.25, -0.2) is 0 Å². The molecular weight excluding hydrogens is 310 g/mol. The third kappa shape index (κ3) is 4.77. The van der Waals surface area contributed by atoms with Crippen LogP contribution in [0.1, 0.15) is 5.56 Å². The van der Waals surface area contributed by atoms with E-state index < -0.39 is 0 Å². The number of allylic oxidation sites excluding steroid dienone is 1. The van der Waals surface area contributed by atoms with Gasteiger partial charge in [0.15, 0.2) is 0 Å². The second kappa shape index (κ2) is 8.64. The maximum atomic E-state index is 12.0. The van der Waals surface area contributed by atoms with Gasteiger partial charge >= 0.3 is 0 Å². The molecule has 0 saturated carbocycles. The van der Waals surface area contributed by atoms with Crippen LogP contribution in [0.4, 0.5) is 5.69 Å². The van der Waals surface area contributed by atoms with Crippen LogP contribution < -0.4 is 10.4 Å². The maximum Gasteiger partial charge on any atom is 0.232 e. The molecular formula is C17H23N3O2S. The molecule has 1 amide bonds. The molecule has 2 N–H and O–H groups in total. The van der Waals surface area contributed by atoms with E-state index in [9.17, 15) is 4.79 Å². The molecule has 0 atom stereocenters. The number of nitrogens with zero attached hydrogens (tertiary/aromatic N) is 2. The minimum atomic E-state index is 0.218. The number of para-hydroxylation sites is 1. The number of thioether (sulfide) groups is 1. The number of hydroxylamine groups is 1. The van der Waals surface area contributed by atoms with Crippen LogP contribution >= 0.6 is 11.8 Å². The van der Waals surface area contributed by atoms with Crippen molar-refractivity contribution in [2.45, 2.75) is 0 Å². The first-order valence-electron chi connectivity index (χ1n) is 7.53. The van der Waals surface area contributed by atoms with Crippen molar-refractivity contribution in [3.63, 3.8) is 0 Å². The zero-order valence-corrected chi connectivity index (χ0v) is 14.2. The summed E-state index contributed by atoms with van der Waals surface area (Å²) < 4.78 is 0. The third-order valence-corrected chi connectivity index (χ3v) is 4.32. The van der Waals surface area contributed by atoms with Gasteiger partial charge in [-0.1, -0.05) is 30.9 Å². The summed E-state index contributed by atoms with van der Waals surface area (Å²) >= 11 is 1.57. The fourth-order valence-corrected chi connectivity index (χ4v) is 2.99. The van der Waals surface area contributed by atoms with Gasteiger partial charge in [-0.3, -0.25) is 15.5 Å². The Morgan fingerprint density at radius 1 is 1.35 bits per heavy atom. The Labute approximate surface area is 141 Å². The molecule has 23 heavy (non-hydrogen) atoms. The van der Waals surface area contributed by atoms with E-state index in [0.717, 1.165) is 37.4 Å². The van der Waals surface area contributed by atoms with Gasteiger partial charge in [0.25, 0.3) is 0 Å². The van der Waals surface area contributed by atoms with Crippen molar-refractivity contribution in [2.24, 2.45) is 0 Å². The van der Waals surface area contributed by atoms with Crippen LogP contribution in [0.5, 0.6) is 0 Å². The minimum absolute atomic E-state index is 0.218. The second-order valence-corrected chi connectivity index (χ2v) is 6.20. The summed E-state index contributed by atoms with van der Waals surface area (Å²) in [4.78, 5) is 16.2. The van der Waals surface area contributed by atoms with Gasteiger partial charge in [0.1, 0.15) is 0 Å². The zero-order chi connectivity index (χ0) is 16.7. The summed E-state index contributed by atoms with van der Waals surface area (Å²) in [5.41, 5.74) is 4.65. The molecule has 1 aliphatic heterocycles. The van der Waals surface area contributed by atoms with Crippen molar-refractivity contribution in [2.75, 3.05) is 43.1 Å². The van der Waals surface area contributed by atoms with Crippen LogP contribution in [0.15, 0.2) is 42.6 Å². The number of amides is 1. The Morgan fingerprint density at radius 3 is 2.70 bits per heavy atom. The Balaban J connectivity index is 2.05. The Morgan fingerprint density at radius 2 is 2.04 bits per heavy atom. The monoisotopic (exact) mass is 333 g/mol. The number of hydrogen-bond donors (Lipinski definition) is 2. The first-order valence-corrected chi connectivity index (χ1v) is 8.93. The van der Waals surface area contributed by atoms with Gasteiger partial charge in [-0.15, -0.1) is 0 Å².